The average molecular weight is 316 g/mol. The van der Waals surface area contributed by atoms with Crippen LogP contribution in [0.1, 0.15) is 38.1 Å². The molecule has 0 bridgehead atoms. The summed E-state index contributed by atoms with van der Waals surface area (Å²) in [5.74, 6) is 0.375. The van der Waals surface area contributed by atoms with Crippen LogP contribution in [-0.4, -0.2) is 15.0 Å². The summed E-state index contributed by atoms with van der Waals surface area (Å²) in [7, 11) is -3.41. The van der Waals surface area contributed by atoms with Gasteiger partial charge in [0.25, 0.3) is 0 Å². The minimum atomic E-state index is -3.41. The smallest absolute Gasteiger partial charge is 0.250 e. The van der Waals surface area contributed by atoms with Crippen molar-refractivity contribution in [2.45, 2.75) is 45.4 Å². The van der Waals surface area contributed by atoms with Crippen LogP contribution in [0.3, 0.4) is 0 Å². The first-order valence-electron chi connectivity index (χ1n) is 6.83. The molecule has 3 N–H and O–H groups in total. The molecule has 0 saturated heterocycles. The molecular formula is C14H24N2O2S2. The van der Waals surface area contributed by atoms with E-state index in [-0.39, 0.29) is 10.8 Å². The lowest BCUT2D eigenvalue weighted by molar-refractivity contribution is 0.457. The molecular weight excluding hydrogens is 292 g/mol. The van der Waals surface area contributed by atoms with E-state index in [4.69, 9.17) is 5.73 Å². The van der Waals surface area contributed by atoms with Gasteiger partial charge in [-0.05, 0) is 35.3 Å². The minimum absolute atomic E-state index is 0.184. The van der Waals surface area contributed by atoms with Gasteiger partial charge >= 0.3 is 0 Å². The van der Waals surface area contributed by atoms with Crippen molar-refractivity contribution in [2.24, 2.45) is 22.5 Å². The second kappa shape index (κ2) is 4.80. The summed E-state index contributed by atoms with van der Waals surface area (Å²) in [6, 6.07) is 1.71. The fourth-order valence-corrected chi connectivity index (χ4v) is 5.49. The van der Waals surface area contributed by atoms with E-state index in [9.17, 15) is 8.42 Å². The SMILES string of the molecule is Cc1cc(S(=O)(=O)NCC2C(C)(C)C2(C)C)sc1CN. The van der Waals surface area contributed by atoms with Crippen LogP contribution in [0, 0.1) is 23.7 Å². The maximum Gasteiger partial charge on any atom is 0.250 e. The average Bonchev–Trinajstić information content (AvgIpc) is 2.64. The third-order valence-corrected chi connectivity index (χ3v) is 8.40. The van der Waals surface area contributed by atoms with E-state index >= 15 is 0 Å². The molecule has 0 aromatic carbocycles. The molecule has 1 heterocycles. The van der Waals surface area contributed by atoms with Crippen LogP contribution >= 0.6 is 11.3 Å². The Morgan fingerprint density at radius 1 is 1.30 bits per heavy atom. The zero-order valence-corrected chi connectivity index (χ0v) is 14.4. The molecule has 6 heteroatoms. The van der Waals surface area contributed by atoms with Crippen LogP contribution in [0.25, 0.3) is 0 Å². The largest absolute Gasteiger partial charge is 0.326 e. The summed E-state index contributed by atoms with van der Waals surface area (Å²) >= 11 is 1.26. The predicted octanol–water partition coefficient (Wildman–Crippen LogP) is 2.48. The Morgan fingerprint density at radius 3 is 2.25 bits per heavy atom. The Kier molecular flexibility index (Phi) is 3.83. The molecule has 114 valence electrons. The zero-order chi connectivity index (χ0) is 15.3. The lowest BCUT2D eigenvalue weighted by Crippen LogP contribution is -2.26. The highest BCUT2D eigenvalue weighted by atomic mass is 32.2. The number of hydrogen-bond acceptors (Lipinski definition) is 4. The first-order chi connectivity index (χ1) is 9.04. The third-order valence-electron chi connectivity index (χ3n) is 5.25. The van der Waals surface area contributed by atoms with Crippen molar-refractivity contribution in [1.82, 2.24) is 4.72 Å². The van der Waals surface area contributed by atoms with Gasteiger partial charge in [-0.3, -0.25) is 0 Å². The van der Waals surface area contributed by atoms with Gasteiger partial charge in [-0.2, -0.15) is 0 Å². The van der Waals surface area contributed by atoms with Crippen LogP contribution in [0.15, 0.2) is 10.3 Å². The molecule has 0 unspecified atom stereocenters. The van der Waals surface area contributed by atoms with Gasteiger partial charge in [-0.15, -0.1) is 11.3 Å². The summed E-state index contributed by atoms with van der Waals surface area (Å²) in [5, 5.41) is 0. The van der Waals surface area contributed by atoms with E-state index in [1.165, 1.54) is 11.3 Å². The van der Waals surface area contributed by atoms with Crippen LogP contribution in [0.2, 0.25) is 0 Å². The first kappa shape index (κ1) is 15.9. The van der Waals surface area contributed by atoms with Crippen molar-refractivity contribution in [3.05, 3.63) is 16.5 Å². The van der Waals surface area contributed by atoms with Gasteiger partial charge in [0, 0.05) is 18.0 Å². The molecule has 20 heavy (non-hydrogen) atoms. The predicted molar refractivity (Wildman–Crippen MR) is 83.2 cm³/mol. The summed E-state index contributed by atoms with van der Waals surface area (Å²) in [6.07, 6.45) is 0. The molecule has 1 saturated carbocycles. The fraction of sp³-hybridized carbons (Fsp3) is 0.714. The number of nitrogens with two attached hydrogens (primary N) is 1. The number of hydrogen-bond donors (Lipinski definition) is 2. The molecule has 4 nitrogen and oxygen atoms in total. The van der Waals surface area contributed by atoms with E-state index in [1.54, 1.807) is 6.07 Å². The van der Waals surface area contributed by atoms with Gasteiger partial charge in [-0.1, -0.05) is 27.7 Å². The standard InChI is InChI=1S/C14H24N2O2S2/c1-9-6-12(19-10(9)7-15)20(17,18)16-8-11-13(2,3)14(11,4)5/h6,11,16H,7-8,15H2,1-5H3. The molecule has 1 fully saturated rings. The normalized spacial score (nSPS) is 21.1. The second-order valence-electron chi connectivity index (χ2n) is 6.72. The molecule has 2 rings (SSSR count). The molecule has 0 aliphatic heterocycles. The number of thiophene rings is 1. The van der Waals surface area contributed by atoms with Gasteiger partial charge in [0.15, 0.2) is 0 Å². The van der Waals surface area contributed by atoms with E-state index in [0.29, 0.717) is 23.2 Å². The van der Waals surface area contributed by atoms with E-state index in [0.717, 1.165) is 10.4 Å². The quantitative estimate of drug-likeness (QED) is 0.876. The Hall–Kier alpha value is -0.430. The van der Waals surface area contributed by atoms with Gasteiger partial charge in [0.2, 0.25) is 10.0 Å². The Morgan fingerprint density at radius 2 is 1.85 bits per heavy atom. The topological polar surface area (TPSA) is 72.2 Å². The lowest BCUT2D eigenvalue weighted by atomic mass is 10.0. The number of sulfonamides is 1. The fourth-order valence-electron chi connectivity index (χ4n) is 2.93. The van der Waals surface area contributed by atoms with Crippen molar-refractivity contribution < 1.29 is 8.42 Å². The molecule has 1 aromatic rings. The molecule has 0 spiro atoms. The zero-order valence-electron chi connectivity index (χ0n) is 12.8. The molecule has 1 aromatic heterocycles. The highest BCUT2D eigenvalue weighted by molar-refractivity contribution is 7.91. The number of nitrogens with one attached hydrogen (secondary N) is 1. The van der Waals surface area contributed by atoms with Crippen LogP contribution in [0.5, 0.6) is 0 Å². The van der Waals surface area contributed by atoms with Crippen LogP contribution in [-0.2, 0) is 16.6 Å². The minimum Gasteiger partial charge on any atom is -0.326 e. The molecule has 1 aliphatic carbocycles. The Bertz CT molecular complexity index is 601. The van der Waals surface area contributed by atoms with Crippen molar-refractivity contribution in [3.8, 4) is 0 Å². The molecule has 1 aliphatic rings. The van der Waals surface area contributed by atoms with E-state index < -0.39 is 10.0 Å². The summed E-state index contributed by atoms with van der Waals surface area (Å²) in [5.41, 5.74) is 6.92. The maximum atomic E-state index is 12.3. The number of aryl methyl sites for hydroxylation is 1. The second-order valence-corrected chi connectivity index (χ2v) is 9.85. The summed E-state index contributed by atoms with van der Waals surface area (Å²) in [6.45, 7) is 11.5. The third kappa shape index (κ3) is 2.43. The van der Waals surface area contributed by atoms with Crippen molar-refractivity contribution in [3.63, 3.8) is 0 Å². The summed E-state index contributed by atoms with van der Waals surface area (Å²) < 4.78 is 27.8. The van der Waals surface area contributed by atoms with Gasteiger partial charge < -0.3 is 5.73 Å². The van der Waals surface area contributed by atoms with Gasteiger partial charge in [0.05, 0.1) is 0 Å². The molecule has 0 amide bonds. The van der Waals surface area contributed by atoms with Crippen molar-refractivity contribution in [1.29, 1.82) is 0 Å². The van der Waals surface area contributed by atoms with Gasteiger partial charge in [-0.25, -0.2) is 13.1 Å². The summed E-state index contributed by atoms with van der Waals surface area (Å²) in [4.78, 5) is 0.928. The Balaban J connectivity index is 2.09. The van der Waals surface area contributed by atoms with E-state index in [2.05, 4.69) is 32.4 Å². The van der Waals surface area contributed by atoms with Crippen molar-refractivity contribution in [2.75, 3.05) is 6.54 Å². The highest BCUT2D eigenvalue weighted by Crippen LogP contribution is 2.67. The van der Waals surface area contributed by atoms with Crippen LogP contribution < -0.4 is 10.5 Å². The number of rotatable bonds is 5. The Labute approximate surface area is 125 Å². The monoisotopic (exact) mass is 316 g/mol. The van der Waals surface area contributed by atoms with Gasteiger partial charge in [0.1, 0.15) is 4.21 Å². The molecule has 0 atom stereocenters. The van der Waals surface area contributed by atoms with Crippen LogP contribution in [0.4, 0.5) is 0 Å². The van der Waals surface area contributed by atoms with E-state index in [1.807, 2.05) is 6.92 Å². The van der Waals surface area contributed by atoms with Crippen molar-refractivity contribution >= 4 is 21.4 Å². The first-order valence-corrected chi connectivity index (χ1v) is 9.13. The molecule has 0 radical (unpaired) electrons. The lowest BCUT2D eigenvalue weighted by Gasteiger charge is -2.05. The highest BCUT2D eigenvalue weighted by Gasteiger charge is 2.64. The maximum absolute atomic E-state index is 12.3.